The Kier molecular flexibility index (Phi) is 6.12. The summed E-state index contributed by atoms with van der Waals surface area (Å²) in [6, 6.07) is 4.23. The minimum atomic E-state index is -1.18. The zero-order valence-electron chi connectivity index (χ0n) is 12.9. The number of nitrogens with one attached hydrogen (secondary N) is 1. The molecule has 1 unspecified atom stereocenters. The van der Waals surface area contributed by atoms with Crippen LogP contribution < -0.4 is 17.3 Å². The van der Waals surface area contributed by atoms with E-state index in [1.165, 1.54) is 4.90 Å². The Hall–Kier alpha value is -2.12. The standard InChI is InChI=1S/C15H18N2O5.ClH/c1-16(2)11-5-3-4-9-10(11)8-17(14(9)20)12(15(21)22)6-7-13(18)19;/h3-5,12H,6-8H2,1-2H3,(H,18,19)(H,21,22);1H. The lowest BCUT2D eigenvalue weighted by atomic mass is 10.1. The average Bonchev–Trinajstić information content (AvgIpc) is 2.76. The number of carboxylic acids is 2. The smallest absolute Gasteiger partial charge is 0.326 e. The highest BCUT2D eigenvalue weighted by Crippen LogP contribution is 2.29. The first kappa shape index (κ1) is 18.9. The Labute approximate surface area is 139 Å². The Bertz CT molecular complexity index is 632. The van der Waals surface area contributed by atoms with E-state index < -0.39 is 18.0 Å². The Morgan fingerprint density at radius 1 is 1.30 bits per heavy atom. The fraction of sp³-hybridized carbons (Fsp3) is 0.400. The van der Waals surface area contributed by atoms with Crippen LogP contribution in [0.4, 0.5) is 5.69 Å². The van der Waals surface area contributed by atoms with Gasteiger partial charge in [0.25, 0.3) is 5.91 Å². The molecule has 8 heteroatoms. The number of carboxylic acid groups (broad SMARTS) is 2. The molecule has 0 saturated carbocycles. The van der Waals surface area contributed by atoms with Gasteiger partial charge in [0.1, 0.15) is 11.7 Å². The van der Waals surface area contributed by atoms with Crippen LogP contribution in [0, 0.1) is 0 Å². The zero-order chi connectivity index (χ0) is 16.4. The molecule has 126 valence electrons. The van der Waals surface area contributed by atoms with Gasteiger partial charge in [-0.2, -0.15) is 0 Å². The van der Waals surface area contributed by atoms with E-state index >= 15 is 0 Å². The first-order chi connectivity index (χ1) is 10.3. The Balaban J connectivity index is 0.00000264. The maximum absolute atomic E-state index is 12.5. The van der Waals surface area contributed by atoms with Crippen LogP contribution in [0.25, 0.3) is 0 Å². The number of fused-ring (bicyclic) bond motifs is 1. The van der Waals surface area contributed by atoms with Crippen molar-refractivity contribution in [3.8, 4) is 0 Å². The maximum Gasteiger partial charge on any atom is 0.326 e. The third kappa shape index (κ3) is 3.80. The van der Waals surface area contributed by atoms with Gasteiger partial charge >= 0.3 is 11.9 Å². The van der Waals surface area contributed by atoms with Crippen molar-refractivity contribution in [1.82, 2.24) is 4.90 Å². The van der Waals surface area contributed by atoms with E-state index in [0.29, 0.717) is 5.56 Å². The Morgan fingerprint density at radius 2 is 1.96 bits per heavy atom. The van der Waals surface area contributed by atoms with Gasteiger partial charge in [0.2, 0.25) is 0 Å². The van der Waals surface area contributed by atoms with E-state index in [4.69, 9.17) is 5.11 Å². The summed E-state index contributed by atoms with van der Waals surface area (Å²) in [6.07, 6.45) is -0.391. The van der Waals surface area contributed by atoms with Crippen LogP contribution in [-0.2, 0) is 16.1 Å². The van der Waals surface area contributed by atoms with Crippen molar-refractivity contribution in [1.29, 1.82) is 0 Å². The number of benzene rings is 1. The van der Waals surface area contributed by atoms with Crippen molar-refractivity contribution < 1.29 is 41.9 Å². The monoisotopic (exact) mass is 342 g/mol. The third-order valence-corrected chi connectivity index (χ3v) is 3.83. The van der Waals surface area contributed by atoms with Crippen molar-refractivity contribution in [2.75, 3.05) is 14.1 Å². The van der Waals surface area contributed by atoms with Gasteiger partial charge < -0.3 is 32.4 Å². The molecule has 0 fully saturated rings. The summed E-state index contributed by atoms with van der Waals surface area (Å²) in [5.74, 6) is -2.61. The number of hydrogen-bond donors (Lipinski definition) is 3. The molecule has 1 aliphatic heterocycles. The lowest BCUT2D eigenvalue weighted by molar-refractivity contribution is -0.786. The number of rotatable bonds is 6. The predicted octanol–water partition coefficient (Wildman–Crippen LogP) is -3.26. The minimum absolute atomic E-state index is 0. The molecule has 0 aromatic heterocycles. The molecule has 0 aliphatic carbocycles. The van der Waals surface area contributed by atoms with Crippen molar-refractivity contribution in [3.63, 3.8) is 0 Å². The number of halogens is 1. The second-order valence-corrected chi connectivity index (χ2v) is 5.55. The molecule has 1 amide bonds. The second kappa shape index (κ2) is 7.43. The van der Waals surface area contributed by atoms with Crippen molar-refractivity contribution in [3.05, 3.63) is 29.3 Å². The van der Waals surface area contributed by atoms with Gasteiger partial charge in [0.15, 0.2) is 0 Å². The fourth-order valence-electron chi connectivity index (χ4n) is 2.75. The molecule has 1 aliphatic rings. The van der Waals surface area contributed by atoms with Crippen LogP contribution in [0.1, 0.15) is 28.8 Å². The second-order valence-electron chi connectivity index (χ2n) is 5.55. The van der Waals surface area contributed by atoms with Gasteiger partial charge in [-0.15, -0.1) is 0 Å². The molecule has 0 saturated heterocycles. The highest BCUT2D eigenvalue weighted by molar-refractivity contribution is 6.01. The number of nitrogens with zero attached hydrogens (tertiary/aromatic N) is 1. The zero-order valence-corrected chi connectivity index (χ0v) is 13.6. The normalized spacial score (nSPS) is 14.4. The summed E-state index contributed by atoms with van der Waals surface area (Å²) in [7, 11) is 3.86. The lowest BCUT2D eigenvalue weighted by Gasteiger charge is -2.23. The lowest BCUT2D eigenvalue weighted by Crippen LogP contribution is -3.00. The van der Waals surface area contributed by atoms with Gasteiger partial charge in [0, 0.05) is 12.0 Å². The highest BCUT2D eigenvalue weighted by Gasteiger charge is 2.38. The molecule has 1 atom stereocenters. The fourth-order valence-corrected chi connectivity index (χ4v) is 2.75. The van der Waals surface area contributed by atoms with Gasteiger partial charge in [-0.3, -0.25) is 9.59 Å². The summed E-state index contributed by atoms with van der Waals surface area (Å²) in [5.41, 5.74) is 2.25. The molecule has 23 heavy (non-hydrogen) atoms. The number of hydrogen-bond acceptors (Lipinski definition) is 3. The molecule has 0 spiro atoms. The van der Waals surface area contributed by atoms with Crippen LogP contribution in [-0.4, -0.2) is 53.1 Å². The van der Waals surface area contributed by atoms with E-state index in [2.05, 4.69) is 0 Å². The number of quaternary nitrogens is 1. The first-order valence-electron chi connectivity index (χ1n) is 7.01. The van der Waals surface area contributed by atoms with Gasteiger partial charge in [0.05, 0.1) is 26.2 Å². The van der Waals surface area contributed by atoms with E-state index in [-0.39, 0.29) is 37.7 Å². The summed E-state index contributed by atoms with van der Waals surface area (Å²) in [5, 5.41) is 18.1. The molecule has 0 bridgehead atoms. The van der Waals surface area contributed by atoms with Crippen LogP contribution in [0.5, 0.6) is 0 Å². The molecular formula is C15H19ClN2O5. The molecule has 1 aromatic carbocycles. The summed E-state index contributed by atoms with van der Waals surface area (Å²) >= 11 is 0. The van der Waals surface area contributed by atoms with Crippen LogP contribution in [0.15, 0.2) is 18.2 Å². The van der Waals surface area contributed by atoms with Gasteiger partial charge in [-0.1, -0.05) is 6.07 Å². The SMILES string of the molecule is C[NH+](C)c1cccc2c1CN(C(CCC(=O)O)C(=O)O)C2=O.[Cl-]. The number of carbonyl (C=O) groups excluding carboxylic acids is 1. The molecule has 0 radical (unpaired) electrons. The summed E-state index contributed by atoms with van der Waals surface area (Å²) in [4.78, 5) is 36.9. The van der Waals surface area contributed by atoms with Crippen LogP contribution in [0.3, 0.4) is 0 Å². The van der Waals surface area contributed by atoms with E-state index in [1.807, 2.05) is 20.2 Å². The molecule has 1 aromatic rings. The number of amides is 1. The van der Waals surface area contributed by atoms with Crippen LogP contribution >= 0.6 is 0 Å². The van der Waals surface area contributed by atoms with Crippen LogP contribution in [0.2, 0.25) is 0 Å². The number of aliphatic carboxylic acids is 2. The molecule has 3 N–H and O–H groups in total. The topological polar surface area (TPSA) is 99.3 Å². The highest BCUT2D eigenvalue weighted by atomic mass is 35.5. The van der Waals surface area contributed by atoms with Crippen molar-refractivity contribution >= 4 is 23.5 Å². The molecular weight excluding hydrogens is 324 g/mol. The van der Waals surface area contributed by atoms with Gasteiger partial charge in [-0.05, 0) is 18.6 Å². The number of carbonyl (C=O) groups is 3. The van der Waals surface area contributed by atoms with E-state index in [0.717, 1.165) is 16.2 Å². The maximum atomic E-state index is 12.5. The Morgan fingerprint density at radius 3 is 2.48 bits per heavy atom. The third-order valence-electron chi connectivity index (χ3n) is 3.83. The van der Waals surface area contributed by atoms with Gasteiger partial charge in [-0.25, -0.2) is 4.79 Å². The summed E-state index contributed by atoms with van der Waals surface area (Å²) in [6.45, 7) is 0.201. The van der Waals surface area contributed by atoms with Crippen molar-refractivity contribution in [2.24, 2.45) is 0 Å². The molecule has 7 nitrogen and oxygen atoms in total. The minimum Gasteiger partial charge on any atom is -1.00 e. The summed E-state index contributed by atoms with van der Waals surface area (Å²) < 4.78 is 0. The van der Waals surface area contributed by atoms with Crippen molar-refractivity contribution in [2.45, 2.75) is 25.4 Å². The molecule has 1 heterocycles. The molecule has 2 rings (SSSR count). The quantitative estimate of drug-likeness (QED) is 0.504. The predicted molar refractivity (Wildman–Crippen MR) is 77.1 cm³/mol. The van der Waals surface area contributed by atoms with E-state index in [1.54, 1.807) is 12.1 Å². The average molecular weight is 343 g/mol. The first-order valence-corrected chi connectivity index (χ1v) is 7.01. The largest absolute Gasteiger partial charge is 1.00 e. The van der Waals surface area contributed by atoms with E-state index in [9.17, 15) is 19.5 Å².